The van der Waals surface area contributed by atoms with E-state index in [0.29, 0.717) is 22.8 Å². The zero-order chi connectivity index (χ0) is 15.7. The summed E-state index contributed by atoms with van der Waals surface area (Å²) in [6.07, 6.45) is 4.56. The minimum Gasteiger partial charge on any atom is -0.378 e. The Morgan fingerprint density at radius 3 is 2.95 bits per heavy atom. The van der Waals surface area contributed by atoms with Crippen LogP contribution in [-0.2, 0) is 26.4 Å². The third-order valence-electron chi connectivity index (χ3n) is 4.15. The second kappa shape index (κ2) is 6.01. The maximum absolute atomic E-state index is 11.3. The quantitative estimate of drug-likeness (QED) is 0.910. The molecule has 0 atom stereocenters. The van der Waals surface area contributed by atoms with Crippen LogP contribution in [-0.4, -0.2) is 15.7 Å². The number of nitrogens with one attached hydrogen (secondary N) is 1. The van der Waals surface area contributed by atoms with Gasteiger partial charge in [0.15, 0.2) is 0 Å². The van der Waals surface area contributed by atoms with Crippen LogP contribution in [0.1, 0.15) is 40.2 Å². The first kappa shape index (κ1) is 14.9. The highest BCUT2D eigenvalue weighted by Crippen LogP contribution is 2.27. The molecule has 0 unspecified atom stereocenters. The van der Waals surface area contributed by atoms with Crippen molar-refractivity contribution in [3.63, 3.8) is 0 Å². The molecule has 0 fully saturated rings. The maximum Gasteiger partial charge on any atom is 0.248 e. The molecule has 0 aliphatic heterocycles. The van der Waals surface area contributed by atoms with Crippen molar-refractivity contribution in [3.05, 3.63) is 45.7 Å². The first-order valence-corrected chi connectivity index (χ1v) is 7.81. The number of nitrogens with two attached hydrogens (primary N) is 1. The van der Waals surface area contributed by atoms with Crippen molar-refractivity contribution >= 4 is 23.2 Å². The molecular weight excluding hydrogens is 300 g/mol. The molecule has 0 spiro atoms. The van der Waals surface area contributed by atoms with Gasteiger partial charge in [-0.15, -0.1) is 0 Å². The van der Waals surface area contributed by atoms with Gasteiger partial charge in [-0.3, -0.25) is 9.48 Å². The standard InChI is InChI=1S/C16H19ClN4O/c1-21-15(11-4-2-3-5-13(11)20-21)9-19-14-8-10(16(18)22)6-7-12(14)17/h6-8,19H,2-5,9H2,1H3,(H2,18,22). The van der Waals surface area contributed by atoms with Gasteiger partial charge in [-0.25, -0.2) is 0 Å². The van der Waals surface area contributed by atoms with Crippen molar-refractivity contribution in [1.29, 1.82) is 0 Å². The Hall–Kier alpha value is -2.01. The molecule has 0 saturated carbocycles. The molecule has 3 rings (SSSR count). The largest absolute Gasteiger partial charge is 0.378 e. The van der Waals surface area contributed by atoms with Gasteiger partial charge in [0.25, 0.3) is 0 Å². The molecule has 1 aliphatic rings. The molecule has 3 N–H and O–H groups in total. The highest BCUT2D eigenvalue weighted by atomic mass is 35.5. The topological polar surface area (TPSA) is 72.9 Å². The second-order valence-electron chi connectivity index (χ2n) is 5.62. The highest BCUT2D eigenvalue weighted by Gasteiger charge is 2.19. The van der Waals surface area contributed by atoms with Crippen LogP contribution in [0.3, 0.4) is 0 Å². The molecule has 1 aromatic carbocycles. The van der Waals surface area contributed by atoms with Gasteiger partial charge in [0.05, 0.1) is 28.6 Å². The minimum absolute atomic E-state index is 0.443. The molecule has 1 aliphatic carbocycles. The summed E-state index contributed by atoms with van der Waals surface area (Å²) in [5.41, 5.74) is 10.2. The predicted molar refractivity (Wildman–Crippen MR) is 87.1 cm³/mol. The second-order valence-corrected chi connectivity index (χ2v) is 6.02. The van der Waals surface area contributed by atoms with Gasteiger partial charge in [-0.2, -0.15) is 5.10 Å². The Labute approximate surface area is 134 Å². The molecule has 1 aromatic heterocycles. The summed E-state index contributed by atoms with van der Waals surface area (Å²) in [7, 11) is 1.97. The molecule has 2 aromatic rings. The average molecular weight is 319 g/mol. The summed E-state index contributed by atoms with van der Waals surface area (Å²) in [4.78, 5) is 11.3. The first-order chi connectivity index (χ1) is 10.6. The summed E-state index contributed by atoms with van der Waals surface area (Å²) in [6, 6.07) is 5.00. The van der Waals surface area contributed by atoms with Crippen molar-refractivity contribution in [2.24, 2.45) is 12.8 Å². The Balaban J connectivity index is 1.82. The number of aryl methyl sites for hydroxylation is 2. The number of carbonyl (C=O) groups is 1. The smallest absolute Gasteiger partial charge is 0.248 e. The van der Waals surface area contributed by atoms with Crippen molar-refractivity contribution in [2.75, 3.05) is 5.32 Å². The van der Waals surface area contributed by atoms with E-state index in [9.17, 15) is 4.79 Å². The highest BCUT2D eigenvalue weighted by molar-refractivity contribution is 6.33. The van der Waals surface area contributed by atoms with Crippen LogP contribution >= 0.6 is 11.6 Å². The van der Waals surface area contributed by atoms with Gasteiger partial charge < -0.3 is 11.1 Å². The van der Waals surface area contributed by atoms with Crippen LogP contribution in [0.2, 0.25) is 5.02 Å². The summed E-state index contributed by atoms with van der Waals surface area (Å²) in [5.74, 6) is -0.461. The molecule has 0 radical (unpaired) electrons. The number of amides is 1. The average Bonchev–Trinajstić information content (AvgIpc) is 2.81. The molecule has 116 valence electrons. The summed E-state index contributed by atoms with van der Waals surface area (Å²) < 4.78 is 1.94. The lowest BCUT2D eigenvalue weighted by molar-refractivity contribution is 0.100. The van der Waals surface area contributed by atoms with Crippen LogP contribution < -0.4 is 11.1 Å². The van der Waals surface area contributed by atoms with E-state index in [1.807, 2.05) is 11.7 Å². The molecule has 0 saturated heterocycles. The van der Waals surface area contributed by atoms with E-state index < -0.39 is 5.91 Å². The lowest BCUT2D eigenvalue weighted by Gasteiger charge is -2.13. The number of hydrogen-bond donors (Lipinski definition) is 2. The lowest BCUT2D eigenvalue weighted by atomic mass is 9.96. The fourth-order valence-corrected chi connectivity index (χ4v) is 3.15. The molecule has 5 nitrogen and oxygen atoms in total. The fraction of sp³-hybridized carbons (Fsp3) is 0.375. The van der Waals surface area contributed by atoms with Crippen LogP contribution in [0.5, 0.6) is 0 Å². The zero-order valence-electron chi connectivity index (χ0n) is 12.5. The summed E-state index contributed by atoms with van der Waals surface area (Å²) in [6.45, 7) is 0.626. The van der Waals surface area contributed by atoms with Gasteiger partial charge in [-0.1, -0.05) is 11.6 Å². The van der Waals surface area contributed by atoms with Crippen molar-refractivity contribution < 1.29 is 4.79 Å². The third kappa shape index (κ3) is 2.81. The van der Waals surface area contributed by atoms with E-state index in [4.69, 9.17) is 17.3 Å². The SMILES string of the molecule is Cn1nc2c(c1CNc1cc(C(N)=O)ccc1Cl)CCCC2. The van der Waals surface area contributed by atoms with E-state index in [-0.39, 0.29) is 0 Å². The van der Waals surface area contributed by atoms with Gasteiger partial charge in [-0.05, 0) is 49.4 Å². The fourth-order valence-electron chi connectivity index (χ4n) is 2.96. The van der Waals surface area contributed by atoms with Gasteiger partial charge in [0, 0.05) is 12.6 Å². The van der Waals surface area contributed by atoms with Gasteiger partial charge in [0.1, 0.15) is 0 Å². The summed E-state index contributed by atoms with van der Waals surface area (Å²) in [5, 5.41) is 8.47. The molecule has 1 heterocycles. The number of benzene rings is 1. The molecule has 22 heavy (non-hydrogen) atoms. The maximum atomic E-state index is 11.3. The Kier molecular flexibility index (Phi) is 4.07. The Bertz CT molecular complexity index is 723. The van der Waals surface area contributed by atoms with Crippen LogP contribution in [0.4, 0.5) is 5.69 Å². The number of anilines is 1. The number of carbonyl (C=O) groups excluding carboxylic acids is 1. The first-order valence-electron chi connectivity index (χ1n) is 7.43. The number of rotatable bonds is 4. The lowest BCUT2D eigenvalue weighted by Crippen LogP contribution is -2.12. The number of nitrogens with zero attached hydrogens (tertiary/aromatic N) is 2. The zero-order valence-corrected chi connectivity index (χ0v) is 13.3. The predicted octanol–water partition coefficient (Wildman–Crippen LogP) is 2.66. The summed E-state index contributed by atoms with van der Waals surface area (Å²) >= 11 is 6.19. The number of aromatic nitrogens is 2. The van der Waals surface area contributed by atoms with E-state index >= 15 is 0 Å². The number of fused-ring (bicyclic) bond motifs is 1. The minimum atomic E-state index is -0.461. The Morgan fingerprint density at radius 1 is 1.41 bits per heavy atom. The Morgan fingerprint density at radius 2 is 2.18 bits per heavy atom. The van der Waals surface area contributed by atoms with Gasteiger partial charge >= 0.3 is 0 Å². The number of primary amides is 1. The normalized spacial score (nSPS) is 13.7. The van der Waals surface area contributed by atoms with E-state index in [2.05, 4.69) is 10.4 Å². The van der Waals surface area contributed by atoms with Crippen molar-refractivity contribution in [2.45, 2.75) is 32.2 Å². The molecular formula is C16H19ClN4O. The van der Waals surface area contributed by atoms with E-state index in [1.165, 1.54) is 29.8 Å². The third-order valence-corrected chi connectivity index (χ3v) is 4.48. The number of hydrogen-bond acceptors (Lipinski definition) is 3. The molecule has 6 heteroatoms. The van der Waals surface area contributed by atoms with Crippen molar-refractivity contribution in [1.82, 2.24) is 9.78 Å². The van der Waals surface area contributed by atoms with Crippen molar-refractivity contribution in [3.8, 4) is 0 Å². The van der Waals surface area contributed by atoms with E-state index in [1.54, 1.807) is 18.2 Å². The monoisotopic (exact) mass is 318 g/mol. The molecule has 0 bridgehead atoms. The van der Waals surface area contributed by atoms with Crippen LogP contribution in [0.25, 0.3) is 0 Å². The van der Waals surface area contributed by atoms with Crippen LogP contribution in [0.15, 0.2) is 18.2 Å². The van der Waals surface area contributed by atoms with Crippen LogP contribution in [0, 0.1) is 0 Å². The van der Waals surface area contributed by atoms with Gasteiger partial charge in [0.2, 0.25) is 5.91 Å². The van der Waals surface area contributed by atoms with E-state index in [0.717, 1.165) is 12.8 Å². The molecule has 1 amide bonds. The number of halogens is 1.